The summed E-state index contributed by atoms with van der Waals surface area (Å²) >= 11 is 6.76. The third-order valence-electron chi connectivity index (χ3n) is 3.53. The summed E-state index contributed by atoms with van der Waals surface area (Å²) in [6, 6.07) is 7.01. The summed E-state index contributed by atoms with van der Waals surface area (Å²) in [5.74, 6) is 0.411. The van der Waals surface area contributed by atoms with Crippen LogP contribution in [0.15, 0.2) is 28.6 Å². The molecule has 0 radical (unpaired) electrons. The molecule has 2 heterocycles. The van der Waals surface area contributed by atoms with Crippen LogP contribution in [0.2, 0.25) is 5.02 Å². The number of piperazine rings is 1. The van der Waals surface area contributed by atoms with Crippen LogP contribution in [0, 0.1) is 0 Å². The van der Waals surface area contributed by atoms with E-state index in [1.54, 1.807) is 24.3 Å². The van der Waals surface area contributed by atoms with Crippen molar-refractivity contribution >= 4 is 33.2 Å². The lowest BCUT2D eigenvalue weighted by atomic mass is 10.2. The number of sulfonamides is 1. The van der Waals surface area contributed by atoms with Crippen LogP contribution in [-0.2, 0) is 10.0 Å². The second-order valence-corrected chi connectivity index (χ2v) is 8.40. The highest BCUT2D eigenvalue weighted by atomic mass is 35.5. The van der Waals surface area contributed by atoms with Crippen LogP contribution in [0.3, 0.4) is 0 Å². The molecule has 0 unspecified atom stereocenters. The summed E-state index contributed by atoms with van der Waals surface area (Å²) in [5, 5.41) is 0.615. The van der Waals surface area contributed by atoms with E-state index in [9.17, 15) is 8.42 Å². The Morgan fingerprint density at radius 2 is 1.77 bits per heavy atom. The molecule has 0 spiro atoms. The van der Waals surface area contributed by atoms with Crippen LogP contribution in [0.5, 0.6) is 0 Å². The Kier molecular flexibility index (Phi) is 4.47. The maximum atomic E-state index is 12.6. The lowest BCUT2D eigenvalue weighted by molar-refractivity contribution is 0.222. The molecule has 0 atom stereocenters. The van der Waals surface area contributed by atoms with E-state index in [4.69, 9.17) is 11.6 Å². The van der Waals surface area contributed by atoms with Crippen molar-refractivity contribution < 1.29 is 8.42 Å². The third-order valence-corrected chi connectivity index (χ3v) is 6.73. The molecule has 0 N–H and O–H groups in total. The van der Waals surface area contributed by atoms with E-state index in [2.05, 4.69) is 14.3 Å². The van der Waals surface area contributed by atoms with Gasteiger partial charge >= 0.3 is 0 Å². The first-order chi connectivity index (χ1) is 10.5. The second-order valence-electron chi connectivity index (χ2n) is 5.10. The lowest BCUT2D eigenvalue weighted by Crippen LogP contribution is -2.46. The molecule has 1 fully saturated rings. The molecule has 1 aliphatic rings. The fourth-order valence-electron chi connectivity index (χ4n) is 2.17. The van der Waals surface area contributed by atoms with E-state index in [0.29, 0.717) is 23.9 Å². The van der Waals surface area contributed by atoms with E-state index in [-0.39, 0.29) is 4.34 Å². The lowest BCUT2D eigenvalue weighted by Gasteiger charge is -2.30. The zero-order valence-corrected chi connectivity index (χ0v) is 14.3. The predicted octanol–water partition coefficient (Wildman–Crippen LogP) is 1.79. The molecule has 6 nitrogen and oxygen atoms in total. The fourth-order valence-corrected chi connectivity index (χ4v) is 4.61. The normalized spacial score (nSPS) is 17.7. The van der Waals surface area contributed by atoms with Crippen molar-refractivity contribution in [3.8, 4) is 11.4 Å². The Balaban J connectivity index is 1.85. The maximum Gasteiger partial charge on any atom is 0.272 e. The van der Waals surface area contributed by atoms with Crippen molar-refractivity contribution in [2.75, 3.05) is 33.2 Å². The van der Waals surface area contributed by atoms with Gasteiger partial charge in [0, 0.05) is 36.8 Å². The highest BCUT2D eigenvalue weighted by Gasteiger charge is 2.30. The summed E-state index contributed by atoms with van der Waals surface area (Å²) < 4.78 is 30.9. The molecule has 3 rings (SSSR count). The van der Waals surface area contributed by atoms with Gasteiger partial charge in [0.25, 0.3) is 10.0 Å². The van der Waals surface area contributed by atoms with E-state index >= 15 is 0 Å². The molecule has 2 aromatic rings. The summed E-state index contributed by atoms with van der Waals surface area (Å²) in [6.07, 6.45) is 0. The Morgan fingerprint density at radius 3 is 2.41 bits per heavy atom. The fraction of sp³-hybridized carbons (Fsp3) is 0.385. The Hall–Kier alpha value is -1.06. The van der Waals surface area contributed by atoms with Gasteiger partial charge in [-0.3, -0.25) is 0 Å². The van der Waals surface area contributed by atoms with E-state index < -0.39 is 10.0 Å². The standard InChI is InChI=1S/C13H15ClN4O2S2/c1-17-6-8-18(9-7-17)22(19,20)13-15-12(16-21-13)10-2-4-11(14)5-3-10/h2-5H,6-9H2,1H3. The first kappa shape index (κ1) is 15.8. The van der Waals surface area contributed by atoms with Crippen molar-refractivity contribution in [3.05, 3.63) is 29.3 Å². The van der Waals surface area contributed by atoms with Gasteiger partial charge in [0.05, 0.1) is 0 Å². The number of hydrogen-bond acceptors (Lipinski definition) is 6. The number of aromatic nitrogens is 2. The minimum Gasteiger partial charge on any atom is -0.304 e. The molecule has 0 amide bonds. The third kappa shape index (κ3) is 3.16. The SMILES string of the molecule is CN1CCN(S(=O)(=O)c2nc(-c3ccc(Cl)cc3)ns2)CC1. The summed E-state index contributed by atoms with van der Waals surface area (Å²) in [5.41, 5.74) is 0.750. The molecule has 118 valence electrons. The van der Waals surface area contributed by atoms with Crippen molar-refractivity contribution in [1.29, 1.82) is 0 Å². The van der Waals surface area contributed by atoms with Gasteiger partial charge in [0.1, 0.15) is 0 Å². The highest BCUT2D eigenvalue weighted by molar-refractivity contribution is 7.91. The predicted molar refractivity (Wildman–Crippen MR) is 86.6 cm³/mol. The van der Waals surface area contributed by atoms with Gasteiger partial charge in [0.2, 0.25) is 4.34 Å². The number of rotatable bonds is 3. The zero-order valence-electron chi connectivity index (χ0n) is 11.9. The van der Waals surface area contributed by atoms with Gasteiger partial charge in [-0.15, -0.1) is 0 Å². The average Bonchev–Trinajstić information content (AvgIpc) is 2.99. The monoisotopic (exact) mass is 358 g/mol. The molecule has 1 aromatic heterocycles. The summed E-state index contributed by atoms with van der Waals surface area (Å²) in [4.78, 5) is 6.30. The molecule has 0 aliphatic carbocycles. The van der Waals surface area contributed by atoms with Gasteiger partial charge in [0.15, 0.2) is 5.82 Å². The van der Waals surface area contributed by atoms with Gasteiger partial charge in [-0.2, -0.15) is 8.68 Å². The maximum absolute atomic E-state index is 12.6. The molecule has 9 heteroatoms. The average molecular weight is 359 g/mol. The minimum atomic E-state index is -3.56. The minimum absolute atomic E-state index is 0.0435. The van der Waals surface area contributed by atoms with Crippen molar-refractivity contribution in [1.82, 2.24) is 18.6 Å². The van der Waals surface area contributed by atoms with Gasteiger partial charge in [-0.1, -0.05) is 11.6 Å². The quantitative estimate of drug-likeness (QED) is 0.837. The molecular weight excluding hydrogens is 344 g/mol. The zero-order chi connectivity index (χ0) is 15.7. The smallest absolute Gasteiger partial charge is 0.272 e. The molecule has 22 heavy (non-hydrogen) atoms. The largest absolute Gasteiger partial charge is 0.304 e. The highest BCUT2D eigenvalue weighted by Crippen LogP contribution is 2.25. The van der Waals surface area contributed by atoms with Crippen LogP contribution < -0.4 is 0 Å². The molecule has 1 aromatic carbocycles. The first-order valence-electron chi connectivity index (χ1n) is 6.75. The van der Waals surface area contributed by atoms with Gasteiger partial charge < -0.3 is 4.90 Å². The van der Waals surface area contributed by atoms with Gasteiger partial charge in [-0.05, 0) is 42.8 Å². The van der Waals surface area contributed by atoms with E-state index in [1.165, 1.54) is 4.31 Å². The second kappa shape index (κ2) is 6.21. The van der Waals surface area contributed by atoms with Crippen LogP contribution in [0.4, 0.5) is 0 Å². The number of likely N-dealkylation sites (N-methyl/N-ethyl adjacent to an activating group) is 1. The van der Waals surface area contributed by atoms with E-state index in [1.807, 2.05) is 7.05 Å². The van der Waals surface area contributed by atoms with Crippen LogP contribution in [0.25, 0.3) is 11.4 Å². The van der Waals surface area contributed by atoms with Crippen LogP contribution >= 0.6 is 23.1 Å². The molecule has 1 saturated heterocycles. The number of hydrogen-bond donors (Lipinski definition) is 0. The number of nitrogens with zero attached hydrogens (tertiary/aromatic N) is 4. The Morgan fingerprint density at radius 1 is 1.14 bits per heavy atom. The Bertz CT molecular complexity index is 753. The molecule has 0 bridgehead atoms. The van der Waals surface area contributed by atoms with Crippen molar-refractivity contribution in [2.45, 2.75) is 4.34 Å². The molecule has 1 aliphatic heterocycles. The molecular formula is C13H15ClN4O2S2. The van der Waals surface area contributed by atoms with Gasteiger partial charge in [-0.25, -0.2) is 13.4 Å². The first-order valence-corrected chi connectivity index (χ1v) is 9.34. The number of benzene rings is 1. The van der Waals surface area contributed by atoms with Crippen LogP contribution in [0.1, 0.15) is 0 Å². The summed E-state index contributed by atoms with van der Waals surface area (Å²) in [6.45, 7) is 2.41. The summed E-state index contributed by atoms with van der Waals surface area (Å²) in [7, 11) is -1.58. The topological polar surface area (TPSA) is 66.4 Å². The van der Waals surface area contributed by atoms with Crippen molar-refractivity contribution in [3.63, 3.8) is 0 Å². The molecule has 0 saturated carbocycles. The Labute approximate surface area is 138 Å². The number of halogens is 1. The van der Waals surface area contributed by atoms with Crippen LogP contribution in [-0.4, -0.2) is 60.2 Å². The van der Waals surface area contributed by atoms with Crippen molar-refractivity contribution in [2.24, 2.45) is 0 Å². The van der Waals surface area contributed by atoms with E-state index in [0.717, 1.165) is 30.2 Å².